The summed E-state index contributed by atoms with van der Waals surface area (Å²) in [5.74, 6) is 0. The normalized spacial score (nSPS) is 11.1. The van der Waals surface area contributed by atoms with Crippen molar-refractivity contribution in [1.82, 2.24) is 0 Å². The molecule has 19 heavy (non-hydrogen) atoms. The van der Waals surface area contributed by atoms with Gasteiger partial charge in [-0.15, -0.1) is 0 Å². The van der Waals surface area contributed by atoms with Crippen LogP contribution >= 0.6 is 0 Å². The van der Waals surface area contributed by atoms with Crippen LogP contribution in [0.4, 0.5) is 5.69 Å². The van der Waals surface area contributed by atoms with Gasteiger partial charge >= 0.3 is 7.12 Å². The first-order valence-electron chi connectivity index (χ1n) is 5.53. The molecule has 0 heterocycles. The molecule has 0 amide bonds. The van der Waals surface area contributed by atoms with Gasteiger partial charge in [0.15, 0.2) is 0 Å². The molecule has 0 aliphatic rings. The minimum absolute atomic E-state index is 0.168. The molecule has 3 N–H and O–H groups in total. The summed E-state index contributed by atoms with van der Waals surface area (Å²) < 4.78 is 26.4. The van der Waals surface area contributed by atoms with Crippen LogP contribution in [0.25, 0.3) is 0 Å². The predicted molar refractivity (Wildman–Crippen MR) is 73.5 cm³/mol. The average molecular weight is 277 g/mol. The first kappa shape index (κ1) is 13.6. The predicted octanol–water partition coefficient (Wildman–Crippen LogP) is 0.167. The van der Waals surface area contributed by atoms with Gasteiger partial charge in [0.25, 0.3) is 10.0 Å². The molecule has 0 fully saturated rings. The molecular weight excluding hydrogens is 265 g/mol. The summed E-state index contributed by atoms with van der Waals surface area (Å²) in [6.45, 7) is 0. The highest BCUT2D eigenvalue weighted by atomic mass is 32.2. The molecule has 0 aliphatic heterocycles. The Morgan fingerprint density at radius 3 is 2.00 bits per heavy atom. The van der Waals surface area contributed by atoms with E-state index >= 15 is 0 Å². The van der Waals surface area contributed by atoms with Crippen molar-refractivity contribution < 1.29 is 18.5 Å². The van der Waals surface area contributed by atoms with E-state index in [0.29, 0.717) is 11.2 Å². The van der Waals surface area contributed by atoms with E-state index in [2.05, 4.69) is 4.72 Å². The molecule has 0 unspecified atom stereocenters. The Kier molecular flexibility index (Phi) is 3.89. The molecule has 0 atom stereocenters. The van der Waals surface area contributed by atoms with Crippen LogP contribution in [0, 0.1) is 0 Å². The topological polar surface area (TPSA) is 86.6 Å². The van der Waals surface area contributed by atoms with Gasteiger partial charge in [0.2, 0.25) is 0 Å². The van der Waals surface area contributed by atoms with E-state index in [1.54, 1.807) is 18.2 Å². The lowest BCUT2D eigenvalue weighted by Crippen LogP contribution is -2.29. The summed E-state index contributed by atoms with van der Waals surface area (Å²) in [7, 11) is -5.19. The minimum atomic E-state index is -3.62. The standard InChI is InChI=1S/C12H12BNO4S/c15-13(16)10-6-8-11(9-7-10)14-19(17,18)12-4-2-1-3-5-12/h1-9,14-16H. The highest BCUT2D eigenvalue weighted by Gasteiger charge is 2.14. The third-order valence-electron chi connectivity index (χ3n) is 2.51. The van der Waals surface area contributed by atoms with Gasteiger partial charge in [0.05, 0.1) is 4.90 Å². The molecule has 0 aliphatic carbocycles. The first-order valence-corrected chi connectivity index (χ1v) is 7.01. The maximum absolute atomic E-state index is 12.0. The fourth-order valence-corrected chi connectivity index (χ4v) is 2.62. The average Bonchev–Trinajstić information content (AvgIpc) is 2.40. The molecule has 2 aromatic carbocycles. The number of nitrogens with one attached hydrogen (secondary N) is 1. The molecule has 0 radical (unpaired) electrons. The molecule has 7 heteroatoms. The zero-order chi connectivity index (χ0) is 13.9. The number of anilines is 1. The summed E-state index contributed by atoms with van der Waals surface area (Å²) in [5.41, 5.74) is 0.649. The van der Waals surface area contributed by atoms with Gasteiger partial charge in [-0.3, -0.25) is 4.72 Å². The summed E-state index contributed by atoms with van der Waals surface area (Å²) in [5, 5.41) is 17.9. The Balaban J connectivity index is 2.21. The molecule has 2 rings (SSSR count). The van der Waals surface area contributed by atoms with E-state index in [0.717, 1.165) is 0 Å². The Bertz CT molecular complexity index is 641. The molecule has 98 valence electrons. The molecule has 0 spiro atoms. The second-order valence-electron chi connectivity index (χ2n) is 3.91. The number of rotatable bonds is 4. The van der Waals surface area contributed by atoms with Gasteiger partial charge in [0.1, 0.15) is 0 Å². The highest BCUT2D eigenvalue weighted by molar-refractivity contribution is 7.92. The lowest BCUT2D eigenvalue weighted by Gasteiger charge is -2.08. The molecular formula is C12H12BNO4S. The second-order valence-corrected chi connectivity index (χ2v) is 5.60. The quantitative estimate of drug-likeness (QED) is 0.695. The minimum Gasteiger partial charge on any atom is -0.423 e. The zero-order valence-corrected chi connectivity index (χ0v) is 10.7. The maximum atomic E-state index is 12.0. The Morgan fingerprint density at radius 1 is 0.895 bits per heavy atom. The Labute approximate surface area is 111 Å². The van der Waals surface area contributed by atoms with E-state index in [-0.39, 0.29) is 4.90 Å². The fourth-order valence-electron chi connectivity index (χ4n) is 1.54. The van der Waals surface area contributed by atoms with Crippen molar-refractivity contribution in [3.05, 3.63) is 54.6 Å². The summed E-state index contributed by atoms with van der Waals surface area (Å²) in [6.07, 6.45) is 0. The molecule has 0 saturated heterocycles. The third-order valence-corrected chi connectivity index (χ3v) is 3.91. The molecule has 2 aromatic rings. The van der Waals surface area contributed by atoms with Crippen molar-refractivity contribution in [2.75, 3.05) is 4.72 Å². The third kappa shape index (κ3) is 3.34. The van der Waals surface area contributed by atoms with E-state index < -0.39 is 17.1 Å². The van der Waals surface area contributed by atoms with Crippen molar-refractivity contribution in [3.63, 3.8) is 0 Å². The van der Waals surface area contributed by atoms with Crippen LogP contribution in [0.2, 0.25) is 0 Å². The van der Waals surface area contributed by atoms with Gasteiger partial charge < -0.3 is 10.0 Å². The first-order chi connectivity index (χ1) is 8.99. The SMILES string of the molecule is O=S(=O)(Nc1ccc(B(O)O)cc1)c1ccccc1. The number of benzene rings is 2. The van der Waals surface area contributed by atoms with E-state index in [9.17, 15) is 8.42 Å². The summed E-state index contributed by atoms with van der Waals surface area (Å²) in [6, 6.07) is 13.8. The van der Waals surface area contributed by atoms with Gasteiger partial charge in [-0.1, -0.05) is 30.3 Å². The van der Waals surface area contributed by atoms with Gasteiger partial charge in [0, 0.05) is 5.69 Å². The van der Waals surface area contributed by atoms with Crippen LogP contribution in [0.1, 0.15) is 0 Å². The summed E-state index contributed by atoms with van der Waals surface area (Å²) in [4.78, 5) is 0.168. The van der Waals surface area contributed by atoms with Gasteiger partial charge in [-0.25, -0.2) is 8.42 Å². The number of hydrogen-bond donors (Lipinski definition) is 3. The van der Waals surface area contributed by atoms with Crippen LogP contribution < -0.4 is 10.2 Å². The van der Waals surface area contributed by atoms with Crippen LogP contribution in [0.15, 0.2) is 59.5 Å². The molecule has 0 saturated carbocycles. The summed E-state index contributed by atoms with van der Waals surface area (Å²) >= 11 is 0. The lowest BCUT2D eigenvalue weighted by atomic mass is 9.80. The highest BCUT2D eigenvalue weighted by Crippen LogP contribution is 2.14. The molecule has 5 nitrogen and oxygen atoms in total. The Morgan fingerprint density at radius 2 is 1.47 bits per heavy atom. The lowest BCUT2D eigenvalue weighted by molar-refractivity contribution is 0.426. The van der Waals surface area contributed by atoms with E-state index in [1.807, 2.05) is 0 Å². The smallest absolute Gasteiger partial charge is 0.423 e. The van der Waals surface area contributed by atoms with Gasteiger partial charge in [-0.05, 0) is 29.7 Å². The van der Waals surface area contributed by atoms with Crippen LogP contribution in [-0.2, 0) is 10.0 Å². The molecule has 0 aromatic heterocycles. The van der Waals surface area contributed by atoms with Crippen molar-refractivity contribution in [3.8, 4) is 0 Å². The number of hydrogen-bond acceptors (Lipinski definition) is 4. The maximum Gasteiger partial charge on any atom is 0.488 e. The van der Waals surface area contributed by atoms with E-state index in [4.69, 9.17) is 10.0 Å². The zero-order valence-electron chi connectivity index (χ0n) is 9.89. The van der Waals surface area contributed by atoms with Crippen molar-refractivity contribution in [2.24, 2.45) is 0 Å². The monoisotopic (exact) mass is 277 g/mol. The van der Waals surface area contributed by atoms with Crippen molar-refractivity contribution >= 4 is 28.3 Å². The van der Waals surface area contributed by atoms with Gasteiger partial charge in [-0.2, -0.15) is 0 Å². The second kappa shape index (κ2) is 5.44. The van der Waals surface area contributed by atoms with Crippen molar-refractivity contribution in [1.29, 1.82) is 0 Å². The van der Waals surface area contributed by atoms with E-state index in [1.165, 1.54) is 36.4 Å². The van der Waals surface area contributed by atoms with Crippen LogP contribution in [-0.4, -0.2) is 25.6 Å². The van der Waals surface area contributed by atoms with Crippen molar-refractivity contribution in [2.45, 2.75) is 4.90 Å². The molecule has 0 bridgehead atoms. The largest absolute Gasteiger partial charge is 0.488 e. The van der Waals surface area contributed by atoms with Crippen LogP contribution in [0.3, 0.4) is 0 Å². The Hall–Kier alpha value is -1.83. The number of sulfonamides is 1. The fraction of sp³-hybridized carbons (Fsp3) is 0. The van der Waals surface area contributed by atoms with Crippen LogP contribution in [0.5, 0.6) is 0 Å².